The predicted molar refractivity (Wildman–Crippen MR) is 96.4 cm³/mol. The number of benzene rings is 2. The molecule has 0 atom stereocenters. The largest absolute Gasteiger partial charge is 0.478 e. The molecule has 0 N–H and O–H groups in total. The Morgan fingerprint density at radius 2 is 1.93 bits per heavy atom. The maximum Gasteiger partial charge on any atom is 0.416 e. The van der Waals surface area contributed by atoms with Crippen LogP contribution in [0.2, 0.25) is 0 Å². The number of hydrogen-bond donors (Lipinski definition) is 0. The van der Waals surface area contributed by atoms with Gasteiger partial charge in [0.25, 0.3) is 0 Å². The number of alkyl halides is 3. The molecule has 0 aliphatic carbocycles. The molecule has 1 aromatic heterocycles. The number of rotatable bonds is 4. The van der Waals surface area contributed by atoms with Crippen molar-refractivity contribution < 1.29 is 27.4 Å². The summed E-state index contributed by atoms with van der Waals surface area (Å²) in [5.74, 6) is 1.23. The Morgan fingerprint density at radius 1 is 1.11 bits per heavy atom. The topological polar surface area (TPSA) is 51.5 Å². The fraction of sp³-hybridized carbons (Fsp3) is 0.150. The summed E-state index contributed by atoms with van der Waals surface area (Å²) in [6.07, 6.45) is -4.41. The summed E-state index contributed by atoms with van der Waals surface area (Å²) in [6.45, 7) is 0.0819. The van der Waals surface area contributed by atoms with Gasteiger partial charge < -0.3 is 14.2 Å². The van der Waals surface area contributed by atoms with Gasteiger partial charge in [0.15, 0.2) is 16.6 Å². The maximum atomic E-state index is 12.8. The molecule has 0 saturated heterocycles. The minimum absolute atomic E-state index is 0.0697. The highest BCUT2D eigenvalue weighted by Crippen LogP contribution is 2.41. The number of fused-ring (bicyclic) bond motifs is 1. The van der Waals surface area contributed by atoms with Gasteiger partial charge in [0.1, 0.15) is 18.2 Å². The first-order chi connectivity index (χ1) is 13.5. The molecule has 8 heteroatoms. The molecule has 4 nitrogen and oxygen atoms in total. The van der Waals surface area contributed by atoms with Gasteiger partial charge in [0.05, 0.1) is 5.56 Å². The first-order valence-electron chi connectivity index (χ1n) is 8.16. The molecule has 4 rings (SSSR count). The Kier molecular flexibility index (Phi) is 4.61. The van der Waals surface area contributed by atoms with E-state index in [0.29, 0.717) is 33.3 Å². The highest BCUT2D eigenvalue weighted by molar-refractivity contribution is 7.12. The Balaban J connectivity index is 1.56. The normalized spacial score (nSPS) is 12.6. The minimum atomic E-state index is -4.41. The second-order valence-electron chi connectivity index (χ2n) is 5.98. The van der Waals surface area contributed by atoms with Gasteiger partial charge in [-0.15, -0.1) is 11.3 Å². The first-order valence-corrected chi connectivity index (χ1v) is 9.04. The molecule has 142 valence electrons. The quantitative estimate of drug-likeness (QED) is 0.568. The summed E-state index contributed by atoms with van der Waals surface area (Å²) in [5.41, 5.74) is 1.41. The van der Waals surface area contributed by atoms with Crippen LogP contribution in [0.3, 0.4) is 0 Å². The molecule has 2 aromatic carbocycles. The summed E-state index contributed by atoms with van der Waals surface area (Å²) < 4.78 is 54.8. The Morgan fingerprint density at radius 3 is 2.71 bits per heavy atom. The standard InChI is InChI=1S/C20H12F3NO3S/c21-20(22,23)14-3-1-2-12(6-14)9-25-19-15(8-24)16(10-28-19)13-4-5-17-18(7-13)27-11-26-17/h1-7,10H,9,11H2. The molecule has 0 unspecified atom stereocenters. The van der Waals surface area contributed by atoms with E-state index in [1.165, 1.54) is 17.4 Å². The maximum absolute atomic E-state index is 12.8. The fourth-order valence-electron chi connectivity index (χ4n) is 2.82. The van der Waals surface area contributed by atoms with Crippen LogP contribution in [0.15, 0.2) is 47.8 Å². The lowest BCUT2D eigenvalue weighted by Gasteiger charge is -2.09. The van der Waals surface area contributed by atoms with Gasteiger partial charge in [-0.3, -0.25) is 0 Å². The zero-order valence-electron chi connectivity index (χ0n) is 14.2. The van der Waals surface area contributed by atoms with Gasteiger partial charge in [-0.2, -0.15) is 18.4 Å². The van der Waals surface area contributed by atoms with E-state index in [9.17, 15) is 18.4 Å². The number of hydrogen-bond acceptors (Lipinski definition) is 5. The Labute approximate surface area is 162 Å². The van der Waals surface area contributed by atoms with E-state index >= 15 is 0 Å². The van der Waals surface area contributed by atoms with Crippen molar-refractivity contribution in [2.24, 2.45) is 0 Å². The van der Waals surface area contributed by atoms with E-state index in [4.69, 9.17) is 14.2 Å². The summed E-state index contributed by atoms with van der Waals surface area (Å²) in [7, 11) is 0. The van der Waals surface area contributed by atoms with Crippen LogP contribution in [-0.2, 0) is 12.8 Å². The van der Waals surface area contributed by atoms with E-state index in [1.807, 2.05) is 6.07 Å². The molecular weight excluding hydrogens is 391 g/mol. The lowest BCUT2D eigenvalue weighted by molar-refractivity contribution is -0.137. The van der Waals surface area contributed by atoms with Crippen molar-refractivity contribution >= 4 is 11.3 Å². The summed E-state index contributed by atoms with van der Waals surface area (Å²) in [5, 5.41) is 11.7. The summed E-state index contributed by atoms with van der Waals surface area (Å²) in [4.78, 5) is 0. The van der Waals surface area contributed by atoms with Crippen LogP contribution < -0.4 is 14.2 Å². The number of ether oxygens (including phenoxy) is 3. The molecule has 1 aliphatic heterocycles. The van der Waals surface area contributed by atoms with Crippen molar-refractivity contribution in [2.75, 3.05) is 6.79 Å². The molecule has 0 spiro atoms. The minimum Gasteiger partial charge on any atom is -0.478 e. The number of halogens is 3. The van der Waals surface area contributed by atoms with E-state index in [-0.39, 0.29) is 13.4 Å². The van der Waals surface area contributed by atoms with Gasteiger partial charge in [-0.1, -0.05) is 18.2 Å². The van der Waals surface area contributed by atoms with E-state index in [2.05, 4.69) is 6.07 Å². The monoisotopic (exact) mass is 403 g/mol. The SMILES string of the molecule is N#Cc1c(-c2ccc3c(c2)OCO3)csc1OCc1cccc(C(F)(F)F)c1. The van der Waals surface area contributed by atoms with Crippen LogP contribution in [-0.4, -0.2) is 6.79 Å². The van der Waals surface area contributed by atoms with E-state index in [1.54, 1.807) is 23.6 Å². The van der Waals surface area contributed by atoms with Crippen LogP contribution in [0.4, 0.5) is 13.2 Å². The number of thiophene rings is 1. The molecule has 0 radical (unpaired) electrons. The zero-order valence-corrected chi connectivity index (χ0v) is 15.1. The Hall–Kier alpha value is -3.18. The third-order valence-corrected chi connectivity index (χ3v) is 5.07. The molecule has 0 amide bonds. The molecule has 28 heavy (non-hydrogen) atoms. The summed E-state index contributed by atoms with van der Waals surface area (Å²) >= 11 is 1.22. The molecule has 3 aromatic rings. The highest BCUT2D eigenvalue weighted by atomic mass is 32.1. The van der Waals surface area contributed by atoms with Crippen molar-refractivity contribution in [1.29, 1.82) is 5.26 Å². The smallest absolute Gasteiger partial charge is 0.416 e. The highest BCUT2D eigenvalue weighted by Gasteiger charge is 2.30. The average Bonchev–Trinajstić information content (AvgIpc) is 3.31. The van der Waals surface area contributed by atoms with Gasteiger partial charge in [0.2, 0.25) is 6.79 Å². The van der Waals surface area contributed by atoms with Crippen molar-refractivity contribution in [3.8, 4) is 33.8 Å². The van der Waals surface area contributed by atoms with E-state index < -0.39 is 11.7 Å². The van der Waals surface area contributed by atoms with Crippen LogP contribution in [0.25, 0.3) is 11.1 Å². The lowest BCUT2D eigenvalue weighted by Crippen LogP contribution is -2.06. The number of nitrogens with zero attached hydrogens (tertiary/aromatic N) is 1. The van der Waals surface area contributed by atoms with Gasteiger partial charge in [-0.05, 0) is 35.4 Å². The van der Waals surface area contributed by atoms with Crippen molar-refractivity contribution in [2.45, 2.75) is 12.8 Å². The van der Waals surface area contributed by atoms with Crippen molar-refractivity contribution in [1.82, 2.24) is 0 Å². The van der Waals surface area contributed by atoms with Gasteiger partial charge in [0, 0.05) is 10.9 Å². The fourth-order valence-corrected chi connectivity index (χ4v) is 3.69. The third-order valence-electron chi connectivity index (χ3n) is 4.18. The van der Waals surface area contributed by atoms with Crippen molar-refractivity contribution in [3.63, 3.8) is 0 Å². The predicted octanol–water partition coefficient (Wildman–Crippen LogP) is 5.61. The lowest BCUT2D eigenvalue weighted by atomic mass is 10.0. The zero-order chi connectivity index (χ0) is 19.7. The molecule has 0 saturated carbocycles. The molecular formula is C20H12F3NO3S. The number of nitriles is 1. The molecule has 2 heterocycles. The third kappa shape index (κ3) is 3.49. The van der Waals surface area contributed by atoms with Crippen LogP contribution in [0.1, 0.15) is 16.7 Å². The second kappa shape index (κ2) is 7.09. The van der Waals surface area contributed by atoms with Crippen molar-refractivity contribution in [3.05, 3.63) is 64.5 Å². The molecule has 1 aliphatic rings. The average molecular weight is 403 g/mol. The van der Waals surface area contributed by atoms with Gasteiger partial charge in [-0.25, -0.2) is 0 Å². The van der Waals surface area contributed by atoms with Crippen LogP contribution in [0.5, 0.6) is 16.6 Å². The van der Waals surface area contributed by atoms with E-state index in [0.717, 1.165) is 17.7 Å². The van der Waals surface area contributed by atoms with Crippen LogP contribution in [0, 0.1) is 11.3 Å². The first kappa shape index (κ1) is 18.2. The van der Waals surface area contributed by atoms with Gasteiger partial charge >= 0.3 is 6.18 Å². The second-order valence-corrected chi connectivity index (χ2v) is 6.82. The van der Waals surface area contributed by atoms with Crippen LogP contribution >= 0.6 is 11.3 Å². The molecule has 0 bridgehead atoms. The molecule has 0 fully saturated rings. The summed E-state index contributed by atoms with van der Waals surface area (Å²) in [6, 6.07) is 12.4. The Bertz CT molecular complexity index is 1070.